The highest BCUT2D eigenvalue weighted by Gasteiger charge is 2.27. The Morgan fingerprint density at radius 1 is 0.778 bits per heavy atom. The van der Waals surface area contributed by atoms with Crippen molar-refractivity contribution in [3.8, 4) is 11.3 Å². The van der Waals surface area contributed by atoms with Crippen LogP contribution in [0.3, 0.4) is 0 Å². The highest BCUT2D eigenvalue weighted by Crippen LogP contribution is 2.30. The van der Waals surface area contributed by atoms with Crippen LogP contribution in [0.4, 0.5) is 22.0 Å². The molecule has 0 spiro atoms. The third-order valence-electron chi connectivity index (χ3n) is 2.19. The normalized spacial score (nSPS) is 10.8. The smallest absolute Gasteiger partial charge is 0.200 e. The number of pyridine rings is 1. The molecule has 0 aliphatic carbocycles. The van der Waals surface area contributed by atoms with Crippen LogP contribution in [0.5, 0.6) is 0 Å². The van der Waals surface area contributed by atoms with Gasteiger partial charge in [-0.2, -0.15) is 0 Å². The van der Waals surface area contributed by atoms with Gasteiger partial charge in [-0.1, -0.05) is 11.6 Å². The molecule has 0 radical (unpaired) electrons. The van der Waals surface area contributed by atoms with Gasteiger partial charge in [0, 0.05) is 6.20 Å². The van der Waals surface area contributed by atoms with Crippen LogP contribution in [0, 0.1) is 29.1 Å². The molecule has 0 N–H and O–H groups in total. The Bertz CT molecular complexity index is 583. The van der Waals surface area contributed by atoms with Gasteiger partial charge in [0.05, 0.1) is 16.3 Å². The molecule has 1 heterocycles. The van der Waals surface area contributed by atoms with Gasteiger partial charge < -0.3 is 0 Å². The molecule has 18 heavy (non-hydrogen) atoms. The summed E-state index contributed by atoms with van der Waals surface area (Å²) in [6.07, 6.45) is 1.04. The van der Waals surface area contributed by atoms with Crippen molar-refractivity contribution in [1.82, 2.24) is 4.98 Å². The van der Waals surface area contributed by atoms with E-state index >= 15 is 0 Å². The van der Waals surface area contributed by atoms with Crippen molar-refractivity contribution in [1.29, 1.82) is 0 Å². The number of aromatic nitrogens is 1. The van der Waals surface area contributed by atoms with Gasteiger partial charge in [-0.25, -0.2) is 22.0 Å². The zero-order chi connectivity index (χ0) is 13.4. The van der Waals surface area contributed by atoms with Crippen LogP contribution in [0.2, 0.25) is 5.02 Å². The van der Waals surface area contributed by atoms with Crippen molar-refractivity contribution < 1.29 is 22.0 Å². The second kappa shape index (κ2) is 4.53. The van der Waals surface area contributed by atoms with Gasteiger partial charge >= 0.3 is 0 Å². The maximum atomic E-state index is 13.4. The number of nitrogens with zero attached hydrogens (tertiary/aromatic N) is 1. The molecule has 0 aliphatic rings. The van der Waals surface area contributed by atoms with Crippen LogP contribution >= 0.6 is 11.6 Å². The van der Waals surface area contributed by atoms with E-state index in [-0.39, 0.29) is 5.02 Å². The fourth-order valence-corrected chi connectivity index (χ4v) is 1.47. The van der Waals surface area contributed by atoms with Gasteiger partial charge in [0.1, 0.15) is 0 Å². The minimum Gasteiger partial charge on any atom is -0.254 e. The van der Waals surface area contributed by atoms with Crippen LogP contribution in [0.25, 0.3) is 11.3 Å². The topological polar surface area (TPSA) is 12.9 Å². The quantitative estimate of drug-likeness (QED) is 0.435. The third-order valence-corrected chi connectivity index (χ3v) is 2.42. The lowest BCUT2D eigenvalue weighted by Gasteiger charge is -2.07. The predicted octanol–water partition coefficient (Wildman–Crippen LogP) is 4.10. The fourth-order valence-electron chi connectivity index (χ4n) is 1.35. The Balaban J connectivity index is 2.75. The summed E-state index contributed by atoms with van der Waals surface area (Å²) in [6.45, 7) is 0. The summed E-state index contributed by atoms with van der Waals surface area (Å²) >= 11 is 5.51. The minimum absolute atomic E-state index is 0.169. The van der Waals surface area contributed by atoms with E-state index in [9.17, 15) is 22.0 Å². The summed E-state index contributed by atoms with van der Waals surface area (Å²) < 4.78 is 65.5. The van der Waals surface area contributed by atoms with Crippen LogP contribution in [-0.2, 0) is 0 Å². The summed E-state index contributed by atoms with van der Waals surface area (Å²) in [5.74, 6) is -10.1. The zero-order valence-corrected chi connectivity index (χ0v) is 9.20. The largest absolute Gasteiger partial charge is 0.254 e. The standard InChI is InChI=1S/C11H3ClF5N/c12-4-1-2-5(18-3-4)6-7(13)9(15)11(17)10(16)8(6)14/h1-3H. The van der Waals surface area contributed by atoms with E-state index in [2.05, 4.69) is 4.98 Å². The van der Waals surface area contributed by atoms with Gasteiger partial charge in [-0.15, -0.1) is 0 Å². The Morgan fingerprint density at radius 2 is 1.28 bits per heavy atom. The zero-order valence-electron chi connectivity index (χ0n) is 8.45. The van der Waals surface area contributed by atoms with Crippen LogP contribution < -0.4 is 0 Å². The molecule has 0 atom stereocenters. The van der Waals surface area contributed by atoms with Crippen LogP contribution in [0.1, 0.15) is 0 Å². The molecule has 0 fully saturated rings. The molecule has 1 nitrogen and oxygen atoms in total. The second-order valence-electron chi connectivity index (χ2n) is 3.31. The summed E-state index contributed by atoms with van der Waals surface area (Å²) in [5, 5.41) is 0.169. The number of benzene rings is 1. The first kappa shape index (κ1) is 12.8. The first-order valence-electron chi connectivity index (χ1n) is 4.57. The molecule has 94 valence electrons. The lowest BCUT2D eigenvalue weighted by molar-refractivity contribution is 0.381. The fraction of sp³-hybridized carbons (Fsp3) is 0. The lowest BCUT2D eigenvalue weighted by atomic mass is 10.1. The molecule has 2 aromatic rings. The highest BCUT2D eigenvalue weighted by atomic mass is 35.5. The molecular weight excluding hydrogens is 277 g/mol. The molecule has 1 aromatic carbocycles. The molecule has 1 aromatic heterocycles. The van der Waals surface area contributed by atoms with Gasteiger partial charge in [0.25, 0.3) is 0 Å². The summed E-state index contributed by atoms with van der Waals surface area (Å²) in [5.41, 5.74) is -1.48. The second-order valence-corrected chi connectivity index (χ2v) is 3.74. The monoisotopic (exact) mass is 279 g/mol. The average Bonchev–Trinajstić information content (AvgIpc) is 2.36. The van der Waals surface area contributed by atoms with Crippen LogP contribution in [0.15, 0.2) is 18.3 Å². The Kier molecular flexibility index (Phi) is 3.21. The van der Waals surface area contributed by atoms with E-state index in [1.807, 2.05) is 0 Å². The van der Waals surface area contributed by atoms with Gasteiger partial charge in [-0.05, 0) is 12.1 Å². The molecule has 0 unspecified atom stereocenters. The van der Waals surface area contributed by atoms with Gasteiger partial charge in [0.15, 0.2) is 23.3 Å². The van der Waals surface area contributed by atoms with E-state index in [4.69, 9.17) is 11.6 Å². The van der Waals surface area contributed by atoms with Crippen molar-refractivity contribution in [2.45, 2.75) is 0 Å². The van der Waals surface area contributed by atoms with E-state index in [0.29, 0.717) is 0 Å². The van der Waals surface area contributed by atoms with E-state index in [1.165, 1.54) is 6.07 Å². The molecule has 0 saturated carbocycles. The van der Waals surface area contributed by atoms with Crippen molar-refractivity contribution >= 4 is 11.6 Å². The van der Waals surface area contributed by atoms with E-state index in [0.717, 1.165) is 12.3 Å². The first-order valence-corrected chi connectivity index (χ1v) is 4.94. The van der Waals surface area contributed by atoms with Crippen molar-refractivity contribution in [2.24, 2.45) is 0 Å². The summed E-state index contributed by atoms with van der Waals surface area (Å²) in [7, 11) is 0. The Morgan fingerprint density at radius 3 is 1.72 bits per heavy atom. The number of hydrogen-bond donors (Lipinski definition) is 0. The van der Waals surface area contributed by atoms with E-state index in [1.54, 1.807) is 0 Å². The maximum Gasteiger partial charge on any atom is 0.200 e. The van der Waals surface area contributed by atoms with Gasteiger partial charge in [-0.3, -0.25) is 4.98 Å². The summed E-state index contributed by atoms with van der Waals surface area (Å²) in [6, 6.07) is 2.28. The molecule has 0 saturated heterocycles. The number of halogens is 6. The molecule has 7 heteroatoms. The molecular formula is C11H3ClF5N. The third kappa shape index (κ3) is 1.92. The van der Waals surface area contributed by atoms with Crippen molar-refractivity contribution in [3.63, 3.8) is 0 Å². The number of rotatable bonds is 1. The molecule has 0 bridgehead atoms. The Labute approximate surface area is 103 Å². The molecule has 0 amide bonds. The maximum absolute atomic E-state index is 13.4. The summed E-state index contributed by atoms with van der Waals surface area (Å²) in [4.78, 5) is 3.51. The van der Waals surface area contributed by atoms with Crippen LogP contribution in [-0.4, -0.2) is 4.98 Å². The van der Waals surface area contributed by atoms with E-state index < -0.39 is 40.3 Å². The number of hydrogen-bond acceptors (Lipinski definition) is 1. The first-order chi connectivity index (χ1) is 8.43. The molecule has 0 aliphatic heterocycles. The highest BCUT2D eigenvalue weighted by molar-refractivity contribution is 6.30. The average molecular weight is 280 g/mol. The molecule has 2 rings (SSSR count). The Hall–Kier alpha value is -1.69. The van der Waals surface area contributed by atoms with Crippen molar-refractivity contribution in [3.05, 3.63) is 52.4 Å². The van der Waals surface area contributed by atoms with Gasteiger partial charge in [0.2, 0.25) is 5.82 Å². The SMILES string of the molecule is Fc1c(F)c(F)c(-c2ccc(Cl)cn2)c(F)c1F. The minimum atomic E-state index is -2.21. The predicted molar refractivity (Wildman–Crippen MR) is 54.5 cm³/mol. The lowest BCUT2D eigenvalue weighted by Crippen LogP contribution is -2.04. The van der Waals surface area contributed by atoms with Crippen molar-refractivity contribution in [2.75, 3.05) is 0 Å².